The molecule has 0 aliphatic heterocycles. The molecule has 0 atom stereocenters. The number of hydrogen-bond acceptors (Lipinski definition) is 4. The lowest BCUT2D eigenvalue weighted by molar-refractivity contribution is 0.102. The summed E-state index contributed by atoms with van der Waals surface area (Å²) in [5, 5.41) is 7.65. The first kappa shape index (κ1) is 20.4. The molecule has 0 saturated carbocycles. The molecule has 2 N–H and O–H groups in total. The van der Waals surface area contributed by atoms with E-state index >= 15 is 0 Å². The Morgan fingerprint density at radius 3 is 2.00 bits per heavy atom. The van der Waals surface area contributed by atoms with Gasteiger partial charge in [-0.25, -0.2) is 0 Å². The van der Waals surface area contributed by atoms with Gasteiger partial charge in [-0.3, -0.25) is 9.59 Å². The normalized spacial score (nSPS) is 10.4. The molecule has 0 saturated heterocycles. The minimum Gasteiger partial charge on any atom is -0.497 e. The molecule has 1 heterocycles. The maximum atomic E-state index is 12.8. The van der Waals surface area contributed by atoms with Crippen molar-refractivity contribution in [1.29, 1.82) is 0 Å². The lowest BCUT2D eigenvalue weighted by Gasteiger charge is -2.09. The molecule has 3 aromatic carbocycles. The lowest BCUT2D eigenvalue weighted by atomic mass is 10.1. The summed E-state index contributed by atoms with van der Waals surface area (Å²) in [5.41, 5.74) is 3.70. The molecule has 0 bridgehead atoms. The summed E-state index contributed by atoms with van der Waals surface area (Å²) in [5.74, 6) is 0.316. The van der Waals surface area contributed by atoms with Gasteiger partial charge in [0, 0.05) is 22.5 Å². The molecule has 0 fully saturated rings. The fourth-order valence-electron chi connectivity index (χ4n) is 3.10. The minimum atomic E-state index is -0.229. The number of rotatable bonds is 6. The SMILES string of the molecule is COc1ccc(NC(=O)c2ccc(NC(=O)c3sccc3-c3ccccc3)cc2)cc1. The summed E-state index contributed by atoms with van der Waals surface area (Å²) in [7, 11) is 1.59. The van der Waals surface area contributed by atoms with E-state index < -0.39 is 0 Å². The predicted octanol–water partition coefficient (Wildman–Crippen LogP) is 5.93. The van der Waals surface area contributed by atoms with Crippen LogP contribution in [0.3, 0.4) is 0 Å². The first-order chi connectivity index (χ1) is 15.1. The lowest BCUT2D eigenvalue weighted by Crippen LogP contribution is -2.13. The maximum absolute atomic E-state index is 12.8. The highest BCUT2D eigenvalue weighted by Gasteiger charge is 2.15. The Labute approximate surface area is 184 Å². The monoisotopic (exact) mass is 428 g/mol. The molecule has 0 spiro atoms. The second kappa shape index (κ2) is 9.28. The van der Waals surface area contributed by atoms with Crippen LogP contribution >= 0.6 is 11.3 Å². The standard InChI is InChI=1S/C25H20N2O3S/c1-30-21-13-11-20(12-14-21)26-24(28)18-7-9-19(10-8-18)27-25(29)23-22(15-16-31-23)17-5-3-2-4-6-17/h2-16H,1H3,(H,26,28)(H,27,29). The third-order valence-electron chi connectivity index (χ3n) is 4.71. The maximum Gasteiger partial charge on any atom is 0.266 e. The van der Waals surface area contributed by atoms with Crippen molar-refractivity contribution in [2.24, 2.45) is 0 Å². The fraction of sp³-hybridized carbons (Fsp3) is 0.0400. The van der Waals surface area contributed by atoms with Crippen LogP contribution in [0.4, 0.5) is 11.4 Å². The number of benzene rings is 3. The van der Waals surface area contributed by atoms with Gasteiger partial charge in [0.25, 0.3) is 11.8 Å². The number of anilines is 2. The van der Waals surface area contributed by atoms with E-state index in [1.54, 1.807) is 55.6 Å². The van der Waals surface area contributed by atoms with E-state index in [-0.39, 0.29) is 11.8 Å². The molecular formula is C25H20N2O3S. The molecule has 0 aliphatic rings. The highest BCUT2D eigenvalue weighted by molar-refractivity contribution is 7.12. The van der Waals surface area contributed by atoms with Gasteiger partial charge in [-0.15, -0.1) is 11.3 Å². The van der Waals surface area contributed by atoms with Crippen LogP contribution in [0.1, 0.15) is 20.0 Å². The molecule has 4 aromatic rings. The summed E-state index contributed by atoms with van der Waals surface area (Å²) in [6, 6.07) is 25.7. The number of ether oxygens (including phenoxy) is 1. The van der Waals surface area contributed by atoms with Crippen LogP contribution < -0.4 is 15.4 Å². The van der Waals surface area contributed by atoms with Gasteiger partial charge >= 0.3 is 0 Å². The van der Waals surface area contributed by atoms with E-state index in [9.17, 15) is 9.59 Å². The molecule has 2 amide bonds. The third-order valence-corrected chi connectivity index (χ3v) is 5.62. The summed E-state index contributed by atoms with van der Waals surface area (Å²) in [6.45, 7) is 0. The van der Waals surface area contributed by atoms with Crippen LogP contribution in [0.25, 0.3) is 11.1 Å². The zero-order valence-electron chi connectivity index (χ0n) is 16.8. The summed E-state index contributed by atoms with van der Waals surface area (Å²) >= 11 is 1.40. The quantitative estimate of drug-likeness (QED) is 0.400. The number of amides is 2. The number of carbonyl (C=O) groups is 2. The smallest absolute Gasteiger partial charge is 0.266 e. The highest BCUT2D eigenvalue weighted by Crippen LogP contribution is 2.29. The van der Waals surface area contributed by atoms with E-state index in [2.05, 4.69) is 10.6 Å². The van der Waals surface area contributed by atoms with Crippen LogP contribution in [0.15, 0.2) is 90.3 Å². The Balaban J connectivity index is 1.42. The van der Waals surface area contributed by atoms with Crippen LogP contribution in [-0.4, -0.2) is 18.9 Å². The first-order valence-corrected chi connectivity index (χ1v) is 10.5. The third kappa shape index (κ3) is 4.82. The zero-order chi connectivity index (χ0) is 21.6. The largest absolute Gasteiger partial charge is 0.497 e. The van der Waals surface area contributed by atoms with Crippen molar-refractivity contribution in [3.05, 3.63) is 101 Å². The van der Waals surface area contributed by atoms with Crippen molar-refractivity contribution in [3.63, 3.8) is 0 Å². The van der Waals surface area contributed by atoms with Gasteiger partial charge in [-0.1, -0.05) is 30.3 Å². The highest BCUT2D eigenvalue weighted by atomic mass is 32.1. The van der Waals surface area contributed by atoms with E-state index in [4.69, 9.17) is 4.74 Å². The minimum absolute atomic E-state index is 0.177. The van der Waals surface area contributed by atoms with Gasteiger partial charge in [-0.05, 0) is 65.5 Å². The van der Waals surface area contributed by atoms with Gasteiger partial charge in [-0.2, -0.15) is 0 Å². The average molecular weight is 429 g/mol. The van der Waals surface area contributed by atoms with Crippen LogP contribution in [0.2, 0.25) is 0 Å². The van der Waals surface area contributed by atoms with Crippen molar-refractivity contribution in [2.75, 3.05) is 17.7 Å². The van der Waals surface area contributed by atoms with Gasteiger partial charge < -0.3 is 15.4 Å². The predicted molar refractivity (Wildman–Crippen MR) is 125 cm³/mol. The van der Waals surface area contributed by atoms with E-state index in [1.165, 1.54) is 11.3 Å². The topological polar surface area (TPSA) is 67.4 Å². The van der Waals surface area contributed by atoms with Crippen LogP contribution in [0.5, 0.6) is 5.75 Å². The van der Waals surface area contributed by atoms with Crippen molar-refractivity contribution in [2.45, 2.75) is 0 Å². The van der Waals surface area contributed by atoms with E-state index in [0.717, 1.165) is 16.9 Å². The Hall–Kier alpha value is -3.90. The summed E-state index contributed by atoms with van der Waals surface area (Å²) < 4.78 is 5.12. The average Bonchev–Trinajstić information content (AvgIpc) is 3.31. The number of carbonyl (C=O) groups excluding carboxylic acids is 2. The van der Waals surface area contributed by atoms with Gasteiger partial charge in [0.15, 0.2) is 0 Å². The Bertz CT molecular complexity index is 1180. The molecule has 4 rings (SSSR count). The molecular weight excluding hydrogens is 408 g/mol. The van der Waals surface area contributed by atoms with E-state index in [1.807, 2.05) is 41.8 Å². The second-order valence-electron chi connectivity index (χ2n) is 6.74. The second-order valence-corrected chi connectivity index (χ2v) is 7.66. The number of hydrogen-bond donors (Lipinski definition) is 2. The van der Waals surface area contributed by atoms with Crippen molar-refractivity contribution in [1.82, 2.24) is 0 Å². The Morgan fingerprint density at radius 2 is 1.35 bits per heavy atom. The van der Waals surface area contributed by atoms with Crippen molar-refractivity contribution < 1.29 is 14.3 Å². The van der Waals surface area contributed by atoms with E-state index in [0.29, 0.717) is 21.8 Å². The van der Waals surface area contributed by atoms with Crippen molar-refractivity contribution >= 4 is 34.5 Å². The van der Waals surface area contributed by atoms with Gasteiger partial charge in [0.1, 0.15) is 5.75 Å². The molecule has 5 nitrogen and oxygen atoms in total. The molecule has 1 aromatic heterocycles. The first-order valence-electron chi connectivity index (χ1n) is 9.64. The number of nitrogens with one attached hydrogen (secondary N) is 2. The molecule has 154 valence electrons. The van der Waals surface area contributed by atoms with Gasteiger partial charge in [0.2, 0.25) is 0 Å². The zero-order valence-corrected chi connectivity index (χ0v) is 17.6. The molecule has 31 heavy (non-hydrogen) atoms. The van der Waals surface area contributed by atoms with Crippen LogP contribution in [-0.2, 0) is 0 Å². The summed E-state index contributed by atoms with van der Waals surface area (Å²) in [4.78, 5) is 25.9. The molecule has 0 unspecified atom stereocenters. The fourth-order valence-corrected chi connectivity index (χ4v) is 3.91. The Morgan fingerprint density at radius 1 is 0.742 bits per heavy atom. The molecule has 6 heteroatoms. The number of methoxy groups -OCH3 is 1. The van der Waals surface area contributed by atoms with Crippen molar-refractivity contribution in [3.8, 4) is 16.9 Å². The Kier molecular flexibility index (Phi) is 6.10. The number of thiophene rings is 1. The van der Waals surface area contributed by atoms with Gasteiger partial charge in [0.05, 0.1) is 12.0 Å². The van der Waals surface area contributed by atoms with Crippen LogP contribution in [0, 0.1) is 0 Å². The molecule has 0 radical (unpaired) electrons. The summed E-state index contributed by atoms with van der Waals surface area (Å²) in [6.07, 6.45) is 0. The molecule has 0 aliphatic carbocycles.